The third-order valence-electron chi connectivity index (χ3n) is 3.08. The zero-order chi connectivity index (χ0) is 15.5. The maximum Gasteiger partial charge on any atom is 0.316 e. The van der Waals surface area contributed by atoms with E-state index in [-0.39, 0.29) is 6.04 Å². The van der Waals surface area contributed by atoms with Crippen LogP contribution in [0.1, 0.15) is 39.3 Å². The van der Waals surface area contributed by atoms with Gasteiger partial charge in [0.2, 0.25) is 5.91 Å². The Morgan fingerprint density at radius 2 is 1.90 bits per heavy atom. The molecule has 0 heterocycles. The smallest absolute Gasteiger partial charge is 0.316 e. The van der Waals surface area contributed by atoms with Crippen molar-refractivity contribution in [3.63, 3.8) is 0 Å². The van der Waals surface area contributed by atoms with Crippen molar-refractivity contribution in [3.8, 4) is 0 Å². The molecule has 1 amide bonds. The summed E-state index contributed by atoms with van der Waals surface area (Å²) in [5, 5.41) is 12.0. The maximum absolute atomic E-state index is 12.2. The molecule has 2 unspecified atom stereocenters. The molecule has 0 aliphatic carbocycles. The van der Waals surface area contributed by atoms with E-state index in [4.69, 9.17) is 0 Å². The first kappa shape index (κ1) is 16.7. The Kier molecular flexibility index (Phi) is 5.34. The summed E-state index contributed by atoms with van der Waals surface area (Å²) in [6.07, 6.45) is 0. The third kappa shape index (κ3) is 4.34. The Morgan fingerprint density at radius 3 is 2.35 bits per heavy atom. The Hall–Kier alpha value is -1.36. The van der Waals surface area contributed by atoms with E-state index in [1.54, 1.807) is 20.8 Å². The molecule has 0 saturated heterocycles. The van der Waals surface area contributed by atoms with Crippen LogP contribution < -0.4 is 5.32 Å². The van der Waals surface area contributed by atoms with E-state index in [1.165, 1.54) is 0 Å². The molecule has 0 spiro atoms. The Labute approximate surface area is 127 Å². The van der Waals surface area contributed by atoms with Gasteiger partial charge in [0.25, 0.3) is 0 Å². The van der Waals surface area contributed by atoms with E-state index in [0.717, 1.165) is 10.0 Å². The molecule has 0 bridgehead atoms. The van der Waals surface area contributed by atoms with Crippen molar-refractivity contribution in [1.29, 1.82) is 0 Å². The minimum absolute atomic E-state index is 0.246. The van der Waals surface area contributed by atoms with Gasteiger partial charge in [-0.1, -0.05) is 48.8 Å². The summed E-state index contributed by atoms with van der Waals surface area (Å²) in [5.41, 5.74) is 0.290. The number of hydrogen-bond acceptors (Lipinski definition) is 2. The lowest BCUT2D eigenvalue weighted by atomic mass is 9.80. The zero-order valence-electron chi connectivity index (χ0n) is 12.1. The SMILES string of the molecule is CC(NC(=O)C(C(=O)O)C(C)(C)C)c1cccc(Br)c1. The highest BCUT2D eigenvalue weighted by Gasteiger charge is 2.38. The number of aliphatic carboxylic acids is 1. The largest absolute Gasteiger partial charge is 0.481 e. The number of benzene rings is 1. The first-order valence-electron chi connectivity index (χ1n) is 6.41. The number of nitrogens with one attached hydrogen (secondary N) is 1. The molecule has 0 aliphatic heterocycles. The lowest BCUT2D eigenvalue weighted by molar-refractivity contribution is -0.151. The highest BCUT2D eigenvalue weighted by atomic mass is 79.9. The van der Waals surface area contributed by atoms with Gasteiger partial charge in [-0.15, -0.1) is 0 Å². The van der Waals surface area contributed by atoms with Gasteiger partial charge >= 0.3 is 5.97 Å². The van der Waals surface area contributed by atoms with Gasteiger partial charge in [-0.25, -0.2) is 0 Å². The highest BCUT2D eigenvalue weighted by molar-refractivity contribution is 9.10. The molecule has 0 aromatic heterocycles. The summed E-state index contributed by atoms with van der Waals surface area (Å²) >= 11 is 3.37. The second-order valence-electron chi connectivity index (χ2n) is 5.92. The molecule has 4 nitrogen and oxygen atoms in total. The average molecular weight is 342 g/mol. The minimum Gasteiger partial charge on any atom is -0.481 e. The molecule has 5 heteroatoms. The molecule has 0 fully saturated rings. The Bertz CT molecular complexity index is 508. The van der Waals surface area contributed by atoms with Crippen LogP contribution >= 0.6 is 15.9 Å². The van der Waals surface area contributed by atoms with Crippen LogP contribution in [0.5, 0.6) is 0 Å². The number of amides is 1. The minimum atomic E-state index is -1.10. The number of carboxylic acids is 1. The summed E-state index contributed by atoms with van der Waals surface area (Å²) in [4.78, 5) is 23.5. The number of carbonyl (C=O) groups excluding carboxylic acids is 1. The second kappa shape index (κ2) is 6.39. The van der Waals surface area contributed by atoms with Gasteiger partial charge in [-0.2, -0.15) is 0 Å². The quantitative estimate of drug-likeness (QED) is 0.825. The fourth-order valence-electron chi connectivity index (χ4n) is 2.03. The van der Waals surface area contributed by atoms with Gasteiger partial charge in [0.1, 0.15) is 5.92 Å². The first-order valence-corrected chi connectivity index (χ1v) is 7.21. The predicted octanol–water partition coefficient (Wildman–Crippen LogP) is 3.37. The third-order valence-corrected chi connectivity index (χ3v) is 3.58. The number of hydrogen-bond donors (Lipinski definition) is 2. The zero-order valence-corrected chi connectivity index (χ0v) is 13.7. The number of rotatable bonds is 4. The van der Waals surface area contributed by atoms with E-state index >= 15 is 0 Å². The van der Waals surface area contributed by atoms with Crippen LogP contribution in [-0.4, -0.2) is 17.0 Å². The molecule has 1 aromatic carbocycles. The maximum atomic E-state index is 12.2. The first-order chi connectivity index (χ1) is 9.12. The summed E-state index contributed by atoms with van der Waals surface area (Å²) < 4.78 is 0.918. The fourth-order valence-corrected chi connectivity index (χ4v) is 2.45. The summed E-state index contributed by atoms with van der Waals surface area (Å²) in [6.45, 7) is 7.07. The molecule has 20 heavy (non-hydrogen) atoms. The van der Waals surface area contributed by atoms with E-state index in [2.05, 4.69) is 21.2 Å². The number of halogens is 1. The molecular formula is C15H20BrNO3. The van der Waals surface area contributed by atoms with E-state index in [9.17, 15) is 14.7 Å². The topological polar surface area (TPSA) is 66.4 Å². The standard InChI is InChI=1S/C15H20BrNO3/c1-9(10-6-5-7-11(16)8-10)17-13(18)12(14(19)20)15(2,3)4/h5-9,12H,1-4H3,(H,17,18)(H,19,20). The lowest BCUT2D eigenvalue weighted by Gasteiger charge is -2.27. The number of carboxylic acid groups (broad SMARTS) is 1. The van der Waals surface area contributed by atoms with Crippen molar-refractivity contribution >= 4 is 27.8 Å². The fraction of sp³-hybridized carbons (Fsp3) is 0.467. The molecule has 2 N–H and O–H groups in total. The Balaban J connectivity index is 2.86. The summed E-state index contributed by atoms with van der Waals surface area (Å²) in [6, 6.07) is 7.32. The van der Waals surface area contributed by atoms with Gasteiger partial charge in [-0.05, 0) is 30.0 Å². The van der Waals surface area contributed by atoms with Crippen LogP contribution in [-0.2, 0) is 9.59 Å². The van der Waals surface area contributed by atoms with Crippen molar-refractivity contribution in [2.24, 2.45) is 11.3 Å². The van der Waals surface area contributed by atoms with Crippen molar-refractivity contribution < 1.29 is 14.7 Å². The molecule has 0 aliphatic rings. The van der Waals surface area contributed by atoms with Crippen molar-refractivity contribution in [2.75, 3.05) is 0 Å². The van der Waals surface area contributed by atoms with Gasteiger partial charge in [0.05, 0.1) is 6.04 Å². The van der Waals surface area contributed by atoms with Gasteiger partial charge in [0, 0.05) is 4.47 Å². The van der Waals surface area contributed by atoms with Crippen LogP contribution in [0, 0.1) is 11.3 Å². The predicted molar refractivity (Wildman–Crippen MR) is 81.3 cm³/mol. The monoisotopic (exact) mass is 341 g/mol. The van der Waals surface area contributed by atoms with Crippen molar-refractivity contribution in [1.82, 2.24) is 5.32 Å². The van der Waals surface area contributed by atoms with Crippen LogP contribution in [0.25, 0.3) is 0 Å². The van der Waals surface area contributed by atoms with Gasteiger partial charge in [-0.3, -0.25) is 9.59 Å². The number of carbonyl (C=O) groups is 2. The molecule has 0 radical (unpaired) electrons. The summed E-state index contributed by atoms with van der Waals surface area (Å²) in [7, 11) is 0. The van der Waals surface area contributed by atoms with E-state index < -0.39 is 23.2 Å². The van der Waals surface area contributed by atoms with Crippen LogP contribution in [0.3, 0.4) is 0 Å². The van der Waals surface area contributed by atoms with Gasteiger partial charge in [0.15, 0.2) is 0 Å². The molecule has 1 rings (SSSR count). The molecule has 2 atom stereocenters. The van der Waals surface area contributed by atoms with Crippen LogP contribution in [0.15, 0.2) is 28.7 Å². The van der Waals surface area contributed by atoms with Crippen LogP contribution in [0.2, 0.25) is 0 Å². The highest BCUT2D eigenvalue weighted by Crippen LogP contribution is 2.27. The van der Waals surface area contributed by atoms with Gasteiger partial charge < -0.3 is 10.4 Å². The van der Waals surface area contributed by atoms with E-state index in [0.29, 0.717) is 0 Å². The second-order valence-corrected chi connectivity index (χ2v) is 6.84. The average Bonchev–Trinajstić information content (AvgIpc) is 2.25. The Morgan fingerprint density at radius 1 is 1.30 bits per heavy atom. The normalized spacial score (nSPS) is 14.4. The summed E-state index contributed by atoms with van der Waals surface area (Å²) in [5.74, 6) is -2.63. The molecule has 1 aromatic rings. The lowest BCUT2D eigenvalue weighted by Crippen LogP contribution is -2.43. The molecule has 0 saturated carbocycles. The van der Waals surface area contributed by atoms with Crippen molar-refractivity contribution in [3.05, 3.63) is 34.3 Å². The molecule has 110 valence electrons. The van der Waals surface area contributed by atoms with Crippen LogP contribution in [0.4, 0.5) is 0 Å². The van der Waals surface area contributed by atoms with E-state index in [1.807, 2.05) is 31.2 Å². The molecular weight excluding hydrogens is 322 g/mol. The van der Waals surface area contributed by atoms with Crippen molar-refractivity contribution in [2.45, 2.75) is 33.7 Å².